The second kappa shape index (κ2) is 7.91. The number of hydrogen-bond donors (Lipinski definition) is 0. The highest BCUT2D eigenvalue weighted by atomic mass is 35.5. The van der Waals surface area contributed by atoms with Crippen LogP contribution in [0.15, 0.2) is 36.7 Å². The summed E-state index contributed by atoms with van der Waals surface area (Å²) >= 11 is 5.85. The summed E-state index contributed by atoms with van der Waals surface area (Å²) in [7, 11) is 5.97. The van der Waals surface area contributed by atoms with E-state index in [0.29, 0.717) is 17.0 Å². The third-order valence-corrected chi connectivity index (χ3v) is 5.05. The number of nitrogens with zero attached hydrogens (tertiary/aromatic N) is 5. The molecule has 0 atom stereocenters. The van der Waals surface area contributed by atoms with Crippen LogP contribution in [0.2, 0.25) is 5.02 Å². The van der Waals surface area contributed by atoms with Gasteiger partial charge in [0.15, 0.2) is 0 Å². The molecule has 26 heavy (non-hydrogen) atoms. The second-order valence-electron chi connectivity index (χ2n) is 6.78. The number of aromatic nitrogens is 2. The summed E-state index contributed by atoms with van der Waals surface area (Å²) in [5.74, 6) is 0.762. The van der Waals surface area contributed by atoms with Crippen molar-refractivity contribution in [2.45, 2.75) is 18.9 Å². The van der Waals surface area contributed by atoms with Gasteiger partial charge < -0.3 is 14.7 Å². The number of carbonyl (C=O) groups is 1. The minimum atomic E-state index is 0.0964. The minimum absolute atomic E-state index is 0.0964. The molecule has 0 radical (unpaired) electrons. The molecular formula is C19H24ClN5O. The zero-order valence-corrected chi connectivity index (χ0v) is 16.1. The van der Waals surface area contributed by atoms with Gasteiger partial charge in [-0.3, -0.25) is 4.79 Å². The number of anilines is 2. The Kier molecular flexibility index (Phi) is 5.61. The maximum absolute atomic E-state index is 12.7. The number of halogens is 1. The van der Waals surface area contributed by atoms with Crippen molar-refractivity contribution in [3.63, 3.8) is 0 Å². The first-order valence-corrected chi connectivity index (χ1v) is 9.10. The first-order chi connectivity index (χ1) is 12.5. The molecule has 7 heteroatoms. The van der Waals surface area contributed by atoms with E-state index >= 15 is 0 Å². The fourth-order valence-electron chi connectivity index (χ4n) is 3.19. The van der Waals surface area contributed by atoms with Crippen LogP contribution < -0.4 is 9.80 Å². The first-order valence-electron chi connectivity index (χ1n) is 8.73. The van der Waals surface area contributed by atoms with E-state index in [4.69, 9.17) is 11.6 Å². The Morgan fingerprint density at radius 1 is 1.08 bits per heavy atom. The van der Waals surface area contributed by atoms with Gasteiger partial charge >= 0.3 is 0 Å². The summed E-state index contributed by atoms with van der Waals surface area (Å²) in [5, 5.41) is 0.530. The van der Waals surface area contributed by atoms with E-state index in [2.05, 4.69) is 14.9 Å². The van der Waals surface area contributed by atoms with Crippen molar-refractivity contribution in [2.24, 2.45) is 0 Å². The molecule has 1 saturated heterocycles. The molecule has 0 saturated carbocycles. The standard InChI is InChI=1S/C19H24ClN5O/c1-23(2)16-6-4-14(5-7-16)18(26)25-10-8-17(9-11-25)24(3)19-21-12-15(20)13-22-19/h4-7,12-13,17H,8-11H2,1-3H3. The van der Waals surface area contributed by atoms with Gasteiger partial charge in [-0.25, -0.2) is 9.97 Å². The molecule has 0 unspecified atom stereocenters. The molecule has 138 valence electrons. The van der Waals surface area contributed by atoms with E-state index in [1.54, 1.807) is 12.4 Å². The van der Waals surface area contributed by atoms with Crippen LogP contribution in [0.5, 0.6) is 0 Å². The summed E-state index contributed by atoms with van der Waals surface area (Å²) < 4.78 is 0. The monoisotopic (exact) mass is 373 g/mol. The van der Waals surface area contributed by atoms with Gasteiger partial charge in [-0.2, -0.15) is 0 Å². The van der Waals surface area contributed by atoms with Gasteiger partial charge in [-0.1, -0.05) is 11.6 Å². The average Bonchev–Trinajstić information content (AvgIpc) is 2.67. The van der Waals surface area contributed by atoms with Gasteiger partial charge in [0.1, 0.15) is 0 Å². The third-order valence-electron chi connectivity index (χ3n) is 4.85. The zero-order valence-electron chi connectivity index (χ0n) is 15.4. The Morgan fingerprint density at radius 3 is 2.19 bits per heavy atom. The molecule has 2 heterocycles. The van der Waals surface area contributed by atoms with Crippen LogP contribution in [0.4, 0.5) is 11.6 Å². The lowest BCUT2D eigenvalue weighted by atomic mass is 10.0. The van der Waals surface area contributed by atoms with Crippen LogP contribution in [0.25, 0.3) is 0 Å². The Hall–Kier alpha value is -2.34. The predicted octanol–water partition coefficient (Wildman–Crippen LogP) is 2.94. The minimum Gasteiger partial charge on any atom is -0.378 e. The quantitative estimate of drug-likeness (QED) is 0.824. The van der Waals surface area contributed by atoms with Gasteiger partial charge in [0.05, 0.1) is 17.4 Å². The molecule has 1 fully saturated rings. The Bertz CT molecular complexity index is 740. The molecule has 1 aromatic carbocycles. The first kappa shape index (κ1) is 18.5. The Morgan fingerprint density at radius 2 is 1.65 bits per heavy atom. The number of benzene rings is 1. The Labute approximate surface area is 159 Å². The number of hydrogen-bond acceptors (Lipinski definition) is 5. The van der Waals surface area contributed by atoms with Gasteiger partial charge in [-0.15, -0.1) is 0 Å². The fourth-order valence-corrected chi connectivity index (χ4v) is 3.29. The molecule has 1 aromatic heterocycles. The largest absolute Gasteiger partial charge is 0.378 e. The maximum atomic E-state index is 12.7. The number of rotatable bonds is 4. The van der Waals surface area contributed by atoms with Gasteiger partial charge in [0.25, 0.3) is 5.91 Å². The van der Waals surface area contributed by atoms with E-state index < -0.39 is 0 Å². The van der Waals surface area contributed by atoms with Crippen molar-refractivity contribution in [2.75, 3.05) is 44.0 Å². The van der Waals surface area contributed by atoms with E-state index in [9.17, 15) is 4.79 Å². The summed E-state index contributed by atoms with van der Waals surface area (Å²) in [5.41, 5.74) is 1.83. The molecule has 1 amide bonds. The molecule has 1 aliphatic heterocycles. The van der Waals surface area contributed by atoms with Crippen LogP contribution in [-0.2, 0) is 0 Å². The number of piperidine rings is 1. The van der Waals surface area contributed by atoms with Crippen LogP contribution >= 0.6 is 11.6 Å². The van der Waals surface area contributed by atoms with Gasteiger partial charge in [-0.05, 0) is 37.1 Å². The molecule has 3 rings (SSSR count). The molecule has 2 aromatic rings. The van der Waals surface area contributed by atoms with E-state index in [1.165, 1.54) is 0 Å². The topological polar surface area (TPSA) is 52.6 Å². The molecule has 1 aliphatic rings. The lowest BCUT2D eigenvalue weighted by molar-refractivity contribution is 0.0713. The molecule has 0 N–H and O–H groups in total. The fraction of sp³-hybridized carbons (Fsp3) is 0.421. The van der Waals surface area contributed by atoms with Crippen molar-refractivity contribution >= 4 is 29.1 Å². The molecule has 6 nitrogen and oxygen atoms in total. The van der Waals surface area contributed by atoms with Crippen LogP contribution in [0.1, 0.15) is 23.2 Å². The zero-order chi connectivity index (χ0) is 18.7. The third kappa shape index (κ3) is 4.07. The summed E-state index contributed by atoms with van der Waals surface area (Å²) in [6.07, 6.45) is 5.00. The Balaban J connectivity index is 1.59. The lowest BCUT2D eigenvalue weighted by Gasteiger charge is -2.36. The molecular weight excluding hydrogens is 350 g/mol. The van der Waals surface area contributed by atoms with Crippen LogP contribution in [0, 0.1) is 0 Å². The average molecular weight is 374 g/mol. The summed E-state index contributed by atoms with van der Waals surface area (Å²) in [6.45, 7) is 1.47. The van der Waals surface area contributed by atoms with Crippen LogP contribution in [-0.4, -0.2) is 61.0 Å². The summed E-state index contributed by atoms with van der Waals surface area (Å²) in [6, 6.07) is 8.07. The SMILES string of the molecule is CN(C)c1ccc(C(=O)N2CCC(N(C)c3ncc(Cl)cn3)CC2)cc1. The number of amides is 1. The van der Waals surface area contributed by atoms with E-state index in [0.717, 1.165) is 37.2 Å². The number of carbonyl (C=O) groups excluding carboxylic acids is 1. The highest BCUT2D eigenvalue weighted by Gasteiger charge is 2.27. The summed E-state index contributed by atoms with van der Waals surface area (Å²) in [4.78, 5) is 27.3. The van der Waals surface area contributed by atoms with Crippen molar-refractivity contribution in [1.29, 1.82) is 0 Å². The second-order valence-corrected chi connectivity index (χ2v) is 7.21. The lowest BCUT2D eigenvalue weighted by Crippen LogP contribution is -2.46. The molecule has 0 spiro atoms. The maximum Gasteiger partial charge on any atom is 0.253 e. The van der Waals surface area contributed by atoms with Crippen molar-refractivity contribution in [3.05, 3.63) is 47.2 Å². The predicted molar refractivity (Wildman–Crippen MR) is 105 cm³/mol. The van der Waals surface area contributed by atoms with E-state index in [1.807, 2.05) is 55.2 Å². The molecule has 0 aliphatic carbocycles. The smallest absolute Gasteiger partial charge is 0.253 e. The normalized spacial score (nSPS) is 15.0. The number of likely N-dealkylation sites (tertiary alicyclic amines) is 1. The molecule has 0 bridgehead atoms. The van der Waals surface area contributed by atoms with Gasteiger partial charge in [0.2, 0.25) is 5.95 Å². The van der Waals surface area contributed by atoms with Crippen molar-refractivity contribution in [1.82, 2.24) is 14.9 Å². The van der Waals surface area contributed by atoms with Crippen molar-refractivity contribution in [3.8, 4) is 0 Å². The van der Waals surface area contributed by atoms with E-state index in [-0.39, 0.29) is 5.91 Å². The highest BCUT2D eigenvalue weighted by Crippen LogP contribution is 2.21. The van der Waals surface area contributed by atoms with Crippen LogP contribution in [0.3, 0.4) is 0 Å². The highest BCUT2D eigenvalue weighted by molar-refractivity contribution is 6.30. The van der Waals surface area contributed by atoms with Gasteiger partial charge in [0, 0.05) is 51.5 Å². The van der Waals surface area contributed by atoms with Crippen molar-refractivity contribution < 1.29 is 4.79 Å².